The van der Waals surface area contributed by atoms with Crippen LogP contribution in [0.2, 0.25) is 0 Å². The molecule has 20 heavy (non-hydrogen) atoms. The average molecular weight is 275 g/mol. The lowest BCUT2D eigenvalue weighted by atomic mass is 10.1. The van der Waals surface area contributed by atoms with Crippen LogP contribution in [0.5, 0.6) is 11.5 Å². The quantitative estimate of drug-likeness (QED) is 0.794. The van der Waals surface area contributed by atoms with Crippen molar-refractivity contribution in [3.63, 3.8) is 0 Å². The molecule has 0 unspecified atom stereocenters. The van der Waals surface area contributed by atoms with E-state index in [4.69, 9.17) is 14.2 Å². The number of ether oxygens (including phenoxy) is 3. The first-order valence-corrected chi connectivity index (χ1v) is 7.11. The molecular formula is C16H21NO3. The van der Waals surface area contributed by atoms with Crippen molar-refractivity contribution in [2.75, 3.05) is 38.3 Å². The van der Waals surface area contributed by atoms with Crippen molar-refractivity contribution in [2.24, 2.45) is 0 Å². The number of nitrogens with zero attached hydrogens (tertiary/aromatic N) is 1. The number of anilines is 1. The maximum absolute atomic E-state index is 5.90. The summed E-state index contributed by atoms with van der Waals surface area (Å²) in [6.45, 7) is 5.47. The Balaban J connectivity index is 1.85. The van der Waals surface area contributed by atoms with Crippen LogP contribution in [0.25, 0.3) is 0 Å². The predicted octanol–water partition coefficient (Wildman–Crippen LogP) is 2.63. The molecule has 0 aliphatic carbocycles. The molecule has 0 N–H and O–H groups in total. The highest BCUT2D eigenvalue weighted by Crippen LogP contribution is 2.36. The second-order valence-corrected chi connectivity index (χ2v) is 5.35. The summed E-state index contributed by atoms with van der Waals surface area (Å²) < 4.78 is 16.8. The molecule has 2 heterocycles. The first-order valence-electron chi connectivity index (χ1n) is 7.11. The number of rotatable bonds is 3. The Bertz CT molecular complexity index is 512. The predicted molar refractivity (Wildman–Crippen MR) is 78.8 cm³/mol. The fourth-order valence-electron chi connectivity index (χ4n) is 2.75. The molecule has 0 spiro atoms. The summed E-state index contributed by atoms with van der Waals surface area (Å²) in [5, 5.41) is 0. The molecule has 0 radical (unpaired) electrons. The Morgan fingerprint density at radius 1 is 1.40 bits per heavy atom. The second-order valence-electron chi connectivity index (χ2n) is 5.35. The van der Waals surface area contributed by atoms with Crippen LogP contribution in [0.1, 0.15) is 13.3 Å². The number of methoxy groups -OCH3 is 1. The SMILES string of the molecule is COc1ccc2c(c1)N(CC1=CCCOC1)C[C@H](C)O2. The lowest BCUT2D eigenvalue weighted by Crippen LogP contribution is -2.40. The molecule has 1 atom stereocenters. The van der Waals surface area contributed by atoms with Crippen LogP contribution in [-0.2, 0) is 4.74 Å². The zero-order chi connectivity index (χ0) is 13.9. The Labute approximate surface area is 119 Å². The summed E-state index contributed by atoms with van der Waals surface area (Å²) in [4.78, 5) is 2.35. The van der Waals surface area contributed by atoms with Gasteiger partial charge in [0.2, 0.25) is 0 Å². The number of hydrogen-bond donors (Lipinski definition) is 0. The van der Waals surface area contributed by atoms with Crippen molar-refractivity contribution >= 4 is 5.69 Å². The zero-order valence-electron chi connectivity index (χ0n) is 12.1. The molecule has 108 valence electrons. The van der Waals surface area contributed by atoms with Gasteiger partial charge in [-0.2, -0.15) is 0 Å². The summed E-state index contributed by atoms with van der Waals surface area (Å²) in [7, 11) is 1.69. The van der Waals surface area contributed by atoms with Gasteiger partial charge in [0.15, 0.2) is 0 Å². The molecule has 0 amide bonds. The molecule has 0 saturated heterocycles. The van der Waals surface area contributed by atoms with E-state index in [9.17, 15) is 0 Å². The van der Waals surface area contributed by atoms with E-state index in [1.807, 2.05) is 18.2 Å². The van der Waals surface area contributed by atoms with E-state index in [0.29, 0.717) is 0 Å². The van der Waals surface area contributed by atoms with Gasteiger partial charge in [-0.05, 0) is 31.1 Å². The molecule has 0 bridgehead atoms. The van der Waals surface area contributed by atoms with E-state index in [2.05, 4.69) is 17.9 Å². The number of hydrogen-bond acceptors (Lipinski definition) is 4. The maximum Gasteiger partial charge on any atom is 0.143 e. The van der Waals surface area contributed by atoms with Crippen LogP contribution in [0.15, 0.2) is 29.8 Å². The third-order valence-corrected chi connectivity index (χ3v) is 3.69. The van der Waals surface area contributed by atoms with Crippen LogP contribution in [0.3, 0.4) is 0 Å². The van der Waals surface area contributed by atoms with Crippen molar-refractivity contribution < 1.29 is 14.2 Å². The highest BCUT2D eigenvalue weighted by Gasteiger charge is 2.24. The fraction of sp³-hybridized carbons (Fsp3) is 0.500. The van der Waals surface area contributed by atoms with Gasteiger partial charge in [0.1, 0.15) is 17.6 Å². The molecule has 0 fully saturated rings. The summed E-state index contributed by atoms with van der Waals surface area (Å²) in [6, 6.07) is 5.98. The van der Waals surface area contributed by atoms with E-state index in [1.165, 1.54) is 5.57 Å². The molecule has 1 aromatic carbocycles. The second kappa shape index (κ2) is 5.75. The summed E-state index contributed by atoms with van der Waals surface area (Å²) in [5.41, 5.74) is 2.45. The Hall–Kier alpha value is -1.68. The maximum atomic E-state index is 5.90. The van der Waals surface area contributed by atoms with E-state index in [1.54, 1.807) is 7.11 Å². The molecule has 4 nitrogen and oxygen atoms in total. The van der Waals surface area contributed by atoms with Gasteiger partial charge < -0.3 is 19.1 Å². The van der Waals surface area contributed by atoms with Crippen LogP contribution < -0.4 is 14.4 Å². The lowest BCUT2D eigenvalue weighted by molar-refractivity contribution is 0.148. The smallest absolute Gasteiger partial charge is 0.143 e. The molecule has 2 aliphatic heterocycles. The van der Waals surface area contributed by atoms with Crippen LogP contribution in [0, 0.1) is 0 Å². The number of benzene rings is 1. The van der Waals surface area contributed by atoms with Crippen LogP contribution >= 0.6 is 0 Å². The van der Waals surface area contributed by atoms with Crippen molar-refractivity contribution in [3.05, 3.63) is 29.8 Å². The van der Waals surface area contributed by atoms with Gasteiger partial charge in [0, 0.05) is 12.6 Å². The minimum atomic E-state index is 0.195. The topological polar surface area (TPSA) is 30.9 Å². The van der Waals surface area contributed by atoms with E-state index in [-0.39, 0.29) is 6.10 Å². The monoisotopic (exact) mass is 275 g/mol. The fourth-order valence-corrected chi connectivity index (χ4v) is 2.75. The van der Waals surface area contributed by atoms with Crippen molar-refractivity contribution in [1.29, 1.82) is 0 Å². The van der Waals surface area contributed by atoms with Crippen molar-refractivity contribution in [1.82, 2.24) is 0 Å². The van der Waals surface area contributed by atoms with Gasteiger partial charge in [-0.3, -0.25) is 0 Å². The zero-order valence-corrected chi connectivity index (χ0v) is 12.1. The first-order chi connectivity index (χ1) is 9.76. The molecule has 4 heteroatoms. The molecule has 3 rings (SSSR count). The van der Waals surface area contributed by atoms with Crippen molar-refractivity contribution in [3.8, 4) is 11.5 Å². The minimum absolute atomic E-state index is 0.195. The molecular weight excluding hydrogens is 254 g/mol. The normalized spacial score (nSPS) is 21.8. The average Bonchev–Trinajstić information content (AvgIpc) is 2.48. The van der Waals surface area contributed by atoms with Crippen molar-refractivity contribution in [2.45, 2.75) is 19.4 Å². The lowest BCUT2D eigenvalue weighted by Gasteiger charge is -2.36. The molecule has 0 aromatic heterocycles. The largest absolute Gasteiger partial charge is 0.497 e. The summed E-state index contributed by atoms with van der Waals surface area (Å²) in [5.74, 6) is 1.79. The van der Waals surface area contributed by atoms with E-state index < -0.39 is 0 Å². The van der Waals surface area contributed by atoms with Gasteiger partial charge in [-0.25, -0.2) is 0 Å². The van der Waals surface area contributed by atoms with Gasteiger partial charge >= 0.3 is 0 Å². The third-order valence-electron chi connectivity index (χ3n) is 3.69. The Morgan fingerprint density at radius 2 is 2.30 bits per heavy atom. The minimum Gasteiger partial charge on any atom is -0.497 e. The van der Waals surface area contributed by atoms with Gasteiger partial charge in [0.25, 0.3) is 0 Å². The molecule has 2 aliphatic rings. The Kier molecular flexibility index (Phi) is 3.83. The third kappa shape index (κ3) is 2.75. The van der Waals surface area contributed by atoms with E-state index in [0.717, 1.165) is 49.9 Å². The number of fused-ring (bicyclic) bond motifs is 1. The summed E-state index contributed by atoms with van der Waals surface area (Å²) in [6.07, 6.45) is 3.50. The summed E-state index contributed by atoms with van der Waals surface area (Å²) >= 11 is 0. The molecule has 0 saturated carbocycles. The van der Waals surface area contributed by atoms with Gasteiger partial charge in [0.05, 0.1) is 32.6 Å². The molecule has 1 aromatic rings. The van der Waals surface area contributed by atoms with Gasteiger partial charge in [-0.15, -0.1) is 0 Å². The highest BCUT2D eigenvalue weighted by molar-refractivity contribution is 5.63. The first kappa shape index (κ1) is 13.3. The standard InChI is InChI=1S/C16H21NO3/c1-12-9-17(10-13-4-3-7-19-11-13)15-8-14(18-2)5-6-16(15)20-12/h4-6,8,12H,3,7,9-11H2,1-2H3/t12-/m0/s1. The Morgan fingerprint density at radius 3 is 3.05 bits per heavy atom. The van der Waals surface area contributed by atoms with E-state index >= 15 is 0 Å². The van der Waals surface area contributed by atoms with Gasteiger partial charge in [-0.1, -0.05) is 6.08 Å². The highest BCUT2D eigenvalue weighted by atomic mass is 16.5. The van der Waals surface area contributed by atoms with Crippen LogP contribution in [0.4, 0.5) is 5.69 Å². The van der Waals surface area contributed by atoms with Crippen LogP contribution in [-0.4, -0.2) is 39.5 Å².